The Morgan fingerprint density at radius 3 is 2.25 bits per heavy atom. The van der Waals surface area contributed by atoms with Crippen molar-refractivity contribution in [3.8, 4) is 5.75 Å². The maximum Gasteiger partial charge on any atom is 0.143 e. The molecule has 0 heterocycles. The molecule has 2 N–H and O–H groups in total. The van der Waals surface area contributed by atoms with Gasteiger partial charge in [0.25, 0.3) is 0 Å². The first-order valence-corrected chi connectivity index (χ1v) is 9.07. The van der Waals surface area contributed by atoms with E-state index in [4.69, 9.17) is 0 Å². The molecule has 4 heteroatoms. The number of halogens is 2. The lowest BCUT2D eigenvalue weighted by Gasteiger charge is -2.24. The van der Waals surface area contributed by atoms with E-state index >= 15 is 0 Å². The van der Waals surface area contributed by atoms with Gasteiger partial charge in [-0.2, -0.15) is 0 Å². The van der Waals surface area contributed by atoms with Crippen LogP contribution in [0.15, 0.2) is 21.1 Å². The Balaban J connectivity index is 1.90. The highest BCUT2D eigenvalue weighted by atomic mass is 79.9. The zero-order valence-corrected chi connectivity index (χ0v) is 15.1. The minimum Gasteiger partial charge on any atom is -0.506 e. The van der Waals surface area contributed by atoms with Gasteiger partial charge in [0.05, 0.1) is 8.95 Å². The summed E-state index contributed by atoms with van der Waals surface area (Å²) in [4.78, 5) is 0. The molecular weight excluding hydrogens is 382 g/mol. The maximum absolute atomic E-state index is 9.73. The number of rotatable bonds is 4. The summed E-state index contributed by atoms with van der Waals surface area (Å²) >= 11 is 6.77. The SMILES string of the molecule is C[C@@H](NCc1cc(Br)c(O)c(Br)c1)C1CCCCCC1. The molecule has 20 heavy (non-hydrogen) atoms. The third-order valence-electron chi connectivity index (χ3n) is 4.31. The first-order chi connectivity index (χ1) is 9.58. The molecule has 1 aliphatic carbocycles. The van der Waals surface area contributed by atoms with E-state index in [0.29, 0.717) is 6.04 Å². The van der Waals surface area contributed by atoms with E-state index in [1.165, 1.54) is 44.1 Å². The van der Waals surface area contributed by atoms with E-state index < -0.39 is 0 Å². The molecule has 1 aliphatic rings. The monoisotopic (exact) mass is 403 g/mol. The summed E-state index contributed by atoms with van der Waals surface area (Å²) in [7, 11) is 0. The minimum absolute atomic E-state index is 0.269. The highest BCUT2D eigenvalue weighted by molar-refractivity contribution is 9.11. The second-order valence-corrected chi connectivity index (χ2v) is 7.54. The molecule has 2 nitrogen and oxygen atoms in total. The molecule has 1 aromatic carbocycles. The Morgan fingerprint density at radius 2 is 1.70 bits per heavy atom. The summed E-state index contributed by atoms with van der Waals surface area (Å²) < 4.78 is 1.48. The number of hydrogen-bond acceptors (Lipinski definition) is 2. The van der Waals surface area contributed by atoms with Crippen LogP contribution in [-0.2, 0) is 6.54 Å². The number of nitrogens with one attached hydrogen (secondary N) is 1. The molecular formula is C16H23Br2NO. The summed E-state index contributed by atoms with van der Waals surface area (Å²) in [6, 6.07) is 4.51. The number of phenols is 1. The summed E-state index contributed by atoms with van der Waals surface area (Å²) in [5.41, 5.74) is 1.18. The van der Waals surface area contributed by atoms with Crippen LogP contribution in [0.2, 0.25) is 0 Å². The molecule has 0 aromatic heterocycles. The lowest BCUT2D eigenvalue weighted by Crippen LogP contribution is -2.32. The van der Waals surface area contributed by atoms with E-state index in [-0.39, 0.29) is 5.75 Å². The van der Waals surface area contributed by atoms with Gasteiger partial charge >= 0.3 is 0 Å². The Morgan fingerprint density at radius 1 is 1.15 bits per heavy atom. The van der Waals surface area contributed by atoms with Gasteiger partial charge < -0.3 is 10.4 Å². The maximum atomic E-state index is 9.73. The zero-order chi connectivity index (χ0) is 14.5. The Labute approximate surface area is 138 Å². The molecule has 0 amide bonds. The van der Waals surface area contributed by atoms with Crippen LogP contribution >= 0.6 is 31.9 Å². The number of hydrogen-bond donors (Lipinski definition) is 2. The van der Waals surface area contributed by atoms with Crippen LogP contribution in [0.3, 0.4) is 0 Å². The Kier molecular flexibility index (Phi) is 6.37. The predicted molar refractivity (Wildman–Crippen MR) is 91.0 cm³/mol. The summed E-state index contributed by atoms with van der Waals surface area (Å²) in [5.74, 6) is 1.08. The summed E-state index contributed by atoms with van der Waals surface area (Å²) in [6.45, 7) is 3.15. The third-order valence-corrected chi connectivity index (χ3v) is 5.52. The first kappa shape index (κ1) is 16.3. The third kappa shape index (κ3) is 4.47. The van der Waals surface area contributed by atoms with Crippen molar-refractivity contribution >= 4 is 31.9 Å². The molecule has 1 atom stereocenters. The zero-order valence-electron chi connectivity index (χ0n) is 12.0. The van der Waals surface area contributed by atoms with E-state index in [2.05, 4.69) is 44.1 Å². The molecule has 0 spiro atoms. The van der Waals surface area contributed by atoms with Gasteiger partial charge in [0, 0.05) is 12.6 Å². The van der Waals surface area contributed by atoms with Crippen LogP contribution in [0, 0.1) is 5.92 Å². The Bertz CT molecular complexity index is 419. The van der Waals surface area contributed by atoms with E-state index in [1.54, 1.807) is 0 Å². The van der Waals surface area contributed by atoms with E-state index in [0.717, 1.165) is 21.4 Å². The normalized spacial score (nSPS) is 18.8. The van der Waals surface area contributed by atoms with Gasteiger partial charge in [-0.1, -0.05) is 25.7 Å². The smallest absolute Gasteiger partial charge is 0.143 e. The minimum atomic E-state index is 0.269. The van der Waals surface area contributed by atoms with E-state index in [1.807, 2.05) is 12.1 Å². The predicted octanol–water partition coefficient (Wildman–Crippen LogP) is 5.37. The molecule has 112 valence electrons. The van der Waals surface area contributed by atoms with Gasteiger partial charge in [-0.25, -0.2) is 0 Å². The molecule has 0 unspecified atom stereocenters. The van der Waals surface area contributed by atoms with Crippen LogP contribution in [0.1, 0.15) is 51.0 Å². The first-order valence-electron chi connectivity index (χ1n) is 7.48. The topological polar surface area (TPSA) is 32.3 Å². The molecule has 0 radical (unpaired) electrons. The number of benzene rings is 1. The number of phenolic OH excluding ortho intramolecular Hbond substituents is 1. The van der Waals surface area contributed by atoms with Crippen molar-refractivity contribution in [1.82, 2.24) is 5.32 Å². The van der Waals surface area contributed by atoms with E-state index in [9.17, 15) is 5.11 Å². The van der Waals surface area contributed by atoms with Gasteiger partial charge in [0.1, 0.15) is 5.75 Å². The van der Waals surface area contributed by atoms with Gasteiger partial charge in [0.15, 0.2) is 0 Å². The standard InChI is InChI=1S/C16H23Br2NO/c1-11(13-6-4-2-3-5-7-13)19-10-12-8-14(17)16(20)15(18)9-12/h8-9,11,13,19-20H,2-7,10H2,1H3/t11-/m1/s1. The molecule has 1 aromatic rings. The van der Waals surface area contributed by atoms with Crippen molar-refractivity contribution < 1.29 is 5.11 Å². The van der Waals surface area contributed by atoms with Gasteiger partial charge in [-0.3, -0.25) is 0 Å². The van der Waals surface area contributed by atoms with Gasteiger partial charge in [-0.15, -0.1) is 0 Å². The number of aromatic hydroxyl groups is 1. The highest BCUT2D eigenvalue weighted by Gasteiger charge is 2.18. The van der Waals surface area contributed by atoms with Crippen molar-refractivity contribution in [3.63, 3.8) is 0 Å². The fourth-order valence-corrected chi connectivity index (χ4v) is 4.26. The molecule has 2 rings (SSSR count). The van der Waals surface area contributed by atoms with Crippen LogP contribution in [0.25, 0.3) is 0 Å². The van der Waals surface area contributed by atoms with Crippen molar-refractivity contribution in [2.24, 2.45) is 5.92 Å². The molecule has 1 saturated carbocycles. The van der Waals surface area contributed by atoms with Crippen molar-refractivity contribution in [1.29, 1.82) is 0 Å². The van der Waals surface area contributed by atoms with Crippen molar-refractivity contribution in [3.05, 3.63) is 26.6 Å². The molecule has 0 saturated heterocycles. The lowest BCUT2D eigenvalue weighted by molar-refractivity contribution is 0.336. The average Bonchev–Trinajstić information content (AvgIpc) is 2.71. The largest absolute Gasteiger partial charge is 0.506 e. The van der Waals surface area contributed by atoms with Crippen LogP contribution in [-0.4, -0.2) is 11.1 Å². The second-order valence-electron chi connectivity index (χ2n) is 5.83. The fraction of sp³-hybridized carbons (Fsp3) is 0.625. The van der Waals surface area contributed by atoms with Gasteiger partial charge in [0.2, 0.25) is 0 Å². The fourth-order valence-electron chi connectivity index (χ4n) is 2.98. The van der Waals surface area contributed by atoms with Crippen molar-refractivity contribution in [2.75, 3.05) is 0 Å². The Hall–Kier alpha value is -0.0600. The molecule has 0 bridgehead atoms. The van der Waals surface area contributed by atoms with Crippen LogP contribution in [0.5, 0.6) is 5.75 Å². The van der Waals surface area contributed by atoms with Crippen LogP contribution < -0.4 is 5.32 Å². The summed E-state index contributed by atoms with van der Waals surface area (Å²) in [6.07, 6.45) is 8.29. The van der Waals surface area contributed by atoms with Gasteiger partial charge in [-0.05, 0) is 75.2 Å². The summed E-state index contributed by atoms with van der Waals surface area (Å²) in [5, 5.41) is 13.4. The molecule has 1 fully saturated rings. The average molecular weight is 405 g/mol. The second kappa shape index (κ2) is 7.81. The molecule has 0 aliphatic heterocycles. The van der Waals surface area contributed by atoms with Crippen LogP contribution in [0.4, 0.5) is 0 Å². The highest BCUT2D eigenvalue weighted by Crippen LogP contribution is 2.33. The quantitative estimate of drug-likeness (QED) is 0.661. The lowest BCUT2D eigenvalue weighted by atomic mass is 9.93. The van der Waals surface area contributed by atoms with Crippen molar-refractivity contribution in [2.45, 2.75) is 58.0 Å².